The first-order valence-electron chi connectivity index (χ1n) is 14.4. The third-order valence-corrected chi connectivity index (χ3v) is 9.16. The Kier molecular flexibility index (Phi) is 4.55. The van der Waals surface area contributed by atoms with Crippen LogP contribution >= 0.6 is 0 Å². The van der Waals surface area contributed by atoms with E-state index in [4.69, 9.17) is 0 Å². The van der Waals surface area contributed by atoms with Crippen molar-refractivity contribution in [3.8, 4) is 0 Å². The second kappa shape index (κ2) is 8.22. The van der Waals surface area contributed by atoms with Crippen molar-refractivity contribution >= 4 is 75.9 Å². The molecule has 0 radical (unpaired) electrons. The van der Waals surface area contributed by atoms with Gasteiger partial charge in [-0.05, 0) is 75.8 Å². The van der Waals surface area contributed by atoms with Gasteiger partial charge in [-0.3, -0.25) is 0 Å². The smallest absolute Gasteiger partial charge is 0.0574 e. The Balaban J connectivity index is 1.35. The van der Waals surface area contributed by atoms with E-state index in [0.29, 0.717) is 0 Å². The molecule has 0 unspecified atom stereocenters. The summed E-state index contributed by atoms with van der Waals surface area (Å²) < 4.78 is 4.88. The quantitative estimate of drug-likeness (QED) is 0.213. The molecule has 0 N–H and O–H groups in total. The van der Waals surface area contributed by atoms with Gasteiger partial charge in [0.2, 0.25) is 0 Å². The van der Waals surface area contributed by atoms with Crippen molar-refractivity contribution in [2.75, 3.05) is 0 Å². The van der Waals surface area contributed by atoms with Crippen LogP contribution in [0.4, 0.5) is 0 Å². The number of benzene rings is 7. The van der Waals surface area contributed by atoms with Crippen molar-refractivity contribution in [1.82, 2.24) is 9.13 Å². The summed E-state index contributed by atoms with van der Waals surface area (Å²) in [6.45, 7) is 2.99. The maximum atomic E-state index is 2.55. The monoisotopic (exact) mass is 524 g/mol. The third-order valence-electron chi connectivity index (χ3n) is 9.16. The van der Waals surface area contributed by atoms with Gasteiger partial charge in [-0.1, -0.05) is 90.5 Å². The molecule has 2 heterocycles. The average molecular weight is 525 g/mol. The summed E-state index contributed by atoms with van der Waals surface area (Å²) in [6, 6.07) is 45.3. The minimum atomic E-state index is 0.808. The van der Waals surface area contributed by atoms with Crippen molar-refractivity contribution < 1.29 is 0 Å². The van der Waals surface area contributed by atoms with E-state index in [1.165, 1.54) is 87.1 Å². The van der Waals surface area contributed by atoms with Crippen molar-refractivity contribution in [2.24, 2.45) is 7.05 Å². The fraction of sp³-hybridized carbons (Fsp3) is 0.0769. The van der Waals surface area contributed by atoms with E-state index in [-0.39, 0.29) is 0 Å². The molecule has 0 aliphatic heterocycles. The summed E-state index contributed by atoms with van der Waals surface area (Å²) in [5.74, 6) is 0. The van der Waals surface area contributed by atoms with E-state index in [1.54, 1.807) is 0 Å². The molecule has 194 valence electrons. The molecular formula is C39H28N2. The fourth-order valence-electron chi connectivity index (χ4n) is 7.19. The Morgan fingerprint density at radius 2 is 1.20 bits per heavy atom. The predicted octanol–water partition coefficient (Wildman–Crippen LogP) is 10.3. The topological polar surface area (TPSA) is 9.86 Å². The number of fused-ring (bicyclic) bond motifs is 11. The minimum absolute atomic E-state index is 0.808. The predicted molar refractivity (Wildman–Crippen MR) is 176 cm³/mol. The van der Waals surface area contributed by atoms with E-state index in [1.807, 2.05) is 0 Å². The molecule has 0 atom stereocenters. The van der Waals surface area contributed by atoms with Crippen LogP contribution in [0.1, 0.15) is 11.1 Å². The molecule has 2 aromatic heterocycles. The van der Waals surface area contributed by atoms with E-state index in [0.717, 1.165) is 6.54 Å². The molecule has 9 rings (SSSR count). The summed E-state index contributed by atoms with van der Waals surface area (Å²) in [4.78, 5) is 0. The average Bonchev–Trinajstić information content (AvgIpc) is 3.47. The number of hydrogen-bond donors (Lipinski definition) is 0. The molecule has 0 saturated carbocycles. The van der Waals surface area contributed by atoms with E-state index < -0.39 is 0 Å². The zero-order valence-electron chi connectivity index (χ0n) is 23.1. The molecule has 0 spiro atoms. The maximum absolute atomic E-state index is 2.55. The largest absolute Gasteiger partial charge is 0.344 e. The Bertz CT molecular complexity index is 2520. The van der Waals surface area contributed by atoms with Crippen LogP contribution < -0.4 is 0 Å². The molecule has 9 aromatic rings. The lowest BCUT2D eigenvalue weighted by Crippen LogP contribution is -2.00. The standard InChI is InChI=1S/C39H28N2/c1-24-11-17-35-34(19-24)38-32-20-25(12-13-27(32)15-18-36(38)40(35)2)23-41-37-22-29-9-4-3-8-28(29)21-33(37)31-16-14-26-7-5-6-10-30(26)39(31)41/h3-22H,23H2,1-2H3. The highest BCUT2D eigenvalue weighted by Crippen LogP contribution is 2.38. The molecule has 0 aliphatic carbocycles. The Morgan fingerprint density at radius 1 is 0.488 bits per heavy atom. The van der Waals surface area contributed by atoms with Gasteiger partial charge in [0.1, 0.15) is 0 Å². The highest BCUT2D eigenvalue weighted by Gasteiger charge is 2.16. The molecule has 0 aliphatic rings. The molecule has 41 heavy (non-hydrogen) atoms. The van der Waals surface area contributed by atoms with Gasteiger partial charge in [-0.2, -0.15) is 0 Å². The summed E-state index contributed by atoms with van der Waals surface area (Å²) >= 11 is 0. The molecule has 2 nitrogen and oxygen atoms in total. The summed E-state index contributed by atoms with van der Waals surface area (Å²) in [5, 5.41) is 13.1. The summed E-state index contributed by atoms with van der Waals surface area (Å²) in [5.41, 5.74) is 7.77. The fourth-order valence-corrected chi connectivity index (χ4v) is 7.19. The van der Waals surface area contributed by atoms with Gasteiger partial charge in [-0.25, -0.2) is 0 Å². The SMILES string of the molecule is Cc1ccc2c(c1)c1c3cc(Cn4c5cc6ccccc6cc5c5ccc6ccccc6c54)ccc3ccc1n2C. The first kappa shape index (κ1) is 22.7. The van der Waals surface area contributed by atoms with Crippen LogP contribution in [0.15, 0.2) is 121 Å². The van der Waals surface area contributed by atoms with E-state index >= 15 is 0 Å². The molecular weight excluding hydrogens is 496 g/mol. The Morgan fingerprint density at radius 3 is 2.07 bits per heavy atom. The van der Waals surface area contributed by atoms with Crippen LogP contribution in [0.5, 0.6) is 0 Å². The van der Waals surface area contributed by atoms with Crippen LogP contribution in [0.3, 0.4) is 0 Å². The van der Waals surface area contributed by atoms with Gasteiger partial charge >= 0.3 is 0 Å². The van der Waals surface area contributed by atoms with Crippen molar-refractivity contribution in [3.63, 3.8) is 0 Å². The van der Waals surface area contributed by atoms with E-state index in [2.05, 4.69) is 144 Å². The van der Waals surface area contributed by atoms with Crippen LogP contribution in [0.25, 0.3) is 75.9 Å². The van der Waals surface area contributed by atoms with Crippen LogP contribution in [-0.4, -0.2) is 9.13 Å². The highest BCUT2D eigenvalue weighted by atomic mass is 15.0. The molecule has 0 saturated heterocycles. The number of hydrogen-bond acceptors (Lipinski definition) is 0. The second-order valence-corrected chi connectivity index (χ2v) is 11.6. The molecule has 0 fully saturated rings. The normalized spacial score (nSPS) is 12.2. The molecule has 0 amide bonds. The lowest BCUT2D eigenvalue weighted by Gasteiger charge is -2.12. The van der Waals surface area contributed by atoms with Crippen molar-refractivity contribution in [3.05, 3.63) is 132 Å². The minimum Gasteiger partial charge on any atom is -0.344 e. The van der Waals surface area contributed by atoms with Crippen LogP contribution in [0.2, 0.25) is 0 Å². The van der Waals surface area contributed by atoms with Crippen LogP contribution in [-0.2, 0) is 13.6 Å². The molecule has 0 bridgehead atoms. The third kappa shape index (κ3) is 3.19. The van der Waals surface area contributed by atoms with Gasteiger partial charge in [-0.15, -0.1) is 0 Å². The van der Waals surface area contributed by atoms with Gasteiger partial charge in [0.25, 0.3) is 0 Å². The highest BCUT2D eigenvalue weighted by molar-refractivity contribution is 6.21. The van der Waals surface area contributed by atoms with Gasteiger partial charge < -0.3 is 9.13 Å². The van der Waals surface area contributed by atoms with E-state index in [9.17, 15) is 0 Å². The number of aromatic nitrogens is 2. The van der Waals surface area contributed by atoms with Crippen LogP contribution in [0, 0.1) is 6.92 Å². The second-order valence-electron chi connectivity index (χ2n) is 11.6. The maximum Gasteiger partial charge on any atom is 0.0574 e. The zero-order valence-corrected chi connectivity index (χ0v) is 23.1. The lowest BCUT2D eigenvalue weighted by molar-refractivity contribution is 0.874. The number of nitrogens with zero attached hydrogens (tertiary/aromatic N) is 2. The number of rotatable bonds is 2. The van der Waals surface area contributed by atoms with Gasteiger partial charge in [0, 0.05) is 51.6 Å². The first-order valence-corrected chi connectivity index (χ1v) is 14.4. The molecule has 7 aromatic carbocycles. The summed E-state index contributed by atoms with van der Waals surface area (Å²) in [6.07, 6.45) is 0. The van der Waals surface area contributed by atoms with Crippen molar-refractivity contribution in [1.29, 1.82) is 0 Å². The van der Waals surface area contributed by atoms with Gasteiger partial charge in [0.15, 0.2) is 0 Å². The molecule has 2 heteroatoms. The first-order chi connectivity index (χ1) is 20.1. The lowest BCUT2D eigenvalue weighted by atomic mass is 10.0. The zero-order chi connectivity index (χ0) is 27.2. The number of aryl methyl sites for hydroxylation is 2. The van der Waals surface area contributed by atoms with Gasteiger partial charge in [0.05, 0.1) is 11.0 Å². The summed E-state index contributed by atoms with van der Waals surface area (Å²) in [7, 11) is 2.18. The Labute approximate surface area is 237 Å². The Hall–Kier alpha value is -5.08. The van der Waals surface area contributed by atoms with Crippen molar-refractivity contribution in [2.45, 2.75) is 13.5 Å².